The van der Waals surface area contributed by atoms with Crippen LogP contribution in [0.25, 0.3) is 0 Å². The van der Waals surface area contributed by atoms with Crippen LogP contribution in [0.4, 0.5) is 0 Å². The number of rotatable bonds is 8. The first kappa shape index (κ1) is 32.2. The van der Waals surface area contributed by atoms with Crippen LogP contribution in [-0.2, 0) is 18.8 Å². The first-order valence-electron chi connectivity index (χ1n) is 16.7. The molecule has 4 nitrogen and oxygen atoms in total. The molecule has 0 bridgehead atoms. The summed E-state index contributed by atoms with van der Waals surface area (Å²) in [6, 6.07) is 21.9. The van der Waals surface area contributed by atoms with Gasteiger partial charge in [-0.3, -0.25) is 9.59 Å². The number of benzene rings is 2. The predicted octanol–water partition coefficient (Wildman–Crippen LogP) is 7.58. The van der Waals surface area contributed by atoms with Gasteiger partial charge >= 0.3 is 5.97 Å². The molecule has 2 aromatic carbocycles. The molecule has 0 heterocycles. The van der Waals surface area contributed by atoms with Gasteiger partial charge in [0.1, 0.15) is 5.78 Å². The summed E-state index contributed by atoms with van der Waals surface area (Å²) in [5.41, 5.74) is -0.228. The molecule has 5 heteroatoms. The first-order valence-corrected chi connectivity index (χ1v) is 18.7. The summed E-state index contributed by atoms with van der Waals surface area (Å²) in [7, 11) is -2.73. The van der Waals surface area contributed by atoms with Crippen LogP contribution in [0.15, 0.2) is 60.7 Å². The Labute approximate surface area is 261 Å². The SMILES string of the molecule is CC(=O)OC[C@H]1C[C@@H](C)CC[C@]1(C)[C@H]1CC[C@]2(C)C(=O)CC[C@H]2[C@@H]1CO[Si](c1ccccc1)(c1ccccc1)C(C)(C)C. The molecule has 3 fully saturated rings. The summed E-state index contributed by atoms with van der Waals surface area (Å²) in [6.07, 6.45) is 7.07. The molecule has 0 spiro atoms. The fourth-order valence-electron chi connectivity index (χ4n) is 9.69. The minimum Gasteiger partial charge on any atom is -0.466 e. The molecule has 0 aliphatic heterocycles. The Kier molecular flexibility index (Phi) is 9.18. The van der Waals surface area contributed by atoms with E-state index in [2.05, 4.69) is 102 Å². The second kappa shape index (κ2) is 12.3. The summed E-state index contributed by atoms with van der Waals surface area (Å²) in [5.74, 6) is 2.23. The van der Waals surface area contributed by atoms with Crippen molar-refractivity contribution in [3.05, 3.63) is 60.7 Å². The van der Waals surface area contributed by atoms with Crippen molar-refractivity contribution in [3.63, 3.8) is 0 Å². The summed E-state index contributed by atoms with van der Waals surface area (Å²) in [6.45, 7) is 16.8. The molecule has 0 amide bonds. The number of hydrogen-bond donors (Lipinski definition) is 0. The highest BCUT2D eigenvalue weighted by Gasteiger charge is 2.60. The van der Waals surface area contributed by atoms with Gasteiger partial charge in [-0.15, -0.1) is 0 Å². The molecule has 0 unspecified atom stereocenters. The van der Waals surface area contributed by atoms with Crippen molar-refractivity contribution < 1.29 is 18.8 Å². The lowest BCUT2D eigenvalue weighted by Crippen LogP contribution is -2.67. The third kappa shape index (κ3) is 5.81. The molecule has 5 rings (SSSR count). The van der Waals surface area contributed by atoms with Crippen molar-refractivity contribution >= 4 is 30.4 Å². The van der Waals surface area contributed by atoms with Gasteiger partial charge in [0.15, 0.2) is 0 Å². The Morgan fingerprint density at radius 1 is 0.884 bits per heavy atom. The van der Waals surface area contributed by atoms with Gasteiger partial charge in [0.25, 0.3) is 8.32 Å². The van der Waals surface area contributed by atoms with Crippen molar-refractivity contribution in [1.29, 1.82) is 0 Å². The molecule has 3 aliphatic rings. The van der Waals surface area contributed by atoms with E-state index in [-0.39, 0.29) is 27.8 Å². The monoisotopic (exact) mass is 602 g/mol. The minimum atomic E-state index is -2.73. The van der Waals surface area contributed by atoms with Crippen LogP contribution in [0.1, 0.15) is 93.4 Å². The van der Waals surface area contributed by atoms with Crippen molar-refractivity contribution in [2.75, 3.05) is 13.2 Å². The normalized spacial score (nSPS) is 33.2. The summed E-state index contributed by atoms with van der Waals surface area (Å²) < 4.78 is 13.4. The van der Waals surface area contributed by atoms with Crippen molar-refractivity contribution in [2.45, 2.75) is 98.5 Å². The van der Waals surface area contributed by atoms with E-state index < -0.39 is 8.32 Å². The maximum Gasteiger partial charge on any atom is 0.302 e. The largest absolute Gasteiger partial charge is 0.466 e. The zero-order valence-corrected chi connectivity index (χ0v) is 28.7. The molecule has 234 valence electrons. The number of esters is 1. The average molecular weight is 603 g/mol. The van der Waals surface area contributed by atoms with Crippen molar-refractivity contribution in [3.8, 4) is 0 Å². The lowest BCUT2D eigenvalue weighted by molar-refractivity contribution is -0.150. The second-order valence-corrected chi connectivity index (χ2v) is 20.0. The van der Waals surface area contributed by atoms with E-state index in [0.717, 1.165) is 32.1 Å². The van der Waals surface area contributed by atoms with Gasteiger partial charge in [-0.05, 0) is 82.5 Å². The Morgan fingerprint density at radius 2 is 1.49 bits per heavy atom. The van der Waals surface area contributed by atoms with Gasteiger partial charge in [-0.2, -0.15) is 0 Å². The number of hydrogen-bond acceptors (Lipinski definition) is 4. The molecule has 0 saturated heterocycles. The molecule has 0 aromatic heterocycles. The molecular formula is C38H54O4Si. The number of carbonyl (C=O) groups excluding carboxylic acids is 2. The minimum absolute atomic E-state index is 0.0361. The molecule has 0 N–H and O–H groups in total. The molecule has 0 radical (unpaired) electrons. The Morgan fingerprint density at radius 3 is 2.05 bits per heavy atom. The molecule has 3 saturated carbocycles. The van der Waals surface area contributed by atoms with Crippen molar-refractivity contribution in [2.24, 2.45) is 40.4 Å². The van der Waals surface area contributed by atoms with Gasteiger partial charge in [0.2, 0.25) is 0 Å². The summed E-state index contributed by atoms with van der Waals surface area (Å²) in [4.78, 5) is 25.4. The van der Waals surface area contributed by atoms with E-state index in [9.17, 15) is 9.59 Å². The highest BCUT2D eigenvalue weighted by Crippen LogP contribution is 2.62. The van der Waals surface area contributed by atoms with E-state index in [1.807, 2.05) is 0 Å². The number of ketones is 1. The van der Waals surface area contributed by atoms with Crippen LogP contribution < -0.4 is 10.4 Å². The molecule has 2 aromatic rings. The Hall–Kier alpha value is -2.24. The quantitative estimate of drug-likeness (QED) is 0.231. The standard InChI is InChI=1S/C38H54O4Si/c1-27-20-22-37(6,29(24-27)25-41-28(2)39)34-21-23-38(7)33(18-19-35(38)40)32(34)26-42-43(36(3,4)5,30-14-10-8-11-15-30)31-16-12-9-13-17-31/h8-17,27,29,32-34H,18-26H2,1-7H3/t27-,29+,32-,33-,34-,37-,38-/m0/s1. The van der Waals surface area contributed by atoms with Gasteiger partial charge in [-0.1, -0.05) is 109 Å². The van der Waals surface area contributed by atoms with E-state index in [0.29, 0.717) is 49.1 Å². The Balaban J connectivity index is 1.58. The topological polar surface area (TPSA) is 52.6 Å². The average Bonchev–Trinajstić information content (AvgIpc) is 3.28. The van der Waals surface area contributed by atoms with Crippen LogP contribution in [0, 0.1) is 40.4 Å². The molecule has 43 heavy (non-hydrogen) atoms. The number of fused-ring (bicyclic) bond motifs is 1. The van der Waals surface area contributed by atoms with E-state index in [1.165, 1.54) is 23.7 Å². The summed E-state index contributed by atoms with van der Waals surface area (Å²) >= 11 is 0. The number of ether oxygens (including phenoxy) is 1. The van der Waals surface area contributed by atoms with Crippen LogP contribution in [0.5, 0.6) is 0 Å². The van der Waals surface area contributed by atoms with Crippen LogP contribution in [-0.4, -0.2) is 33.3 Å². The van der Waals surface area contributed by atoms with Gasteiger partial charge in [0, 0.05) is 25.4 Å². The maximum absolute atomic E-state index is 13.4. The fraction of sp³-hybridized carbons (Fsp3) is 0.632. The van der Waals surface area contributed by atoms with Crippen LogP contribution in [0.2, 0.25) is 5.04 Å². The Bertz CT molecular complexity index is 1230. The lowest BCUT2D eigenvalue weighted by atomic mass is 9.49. The van der Waals surface area contributed by atoms with Gasteiger partial charge < -0.3 is 9.16 Å². The fourth-order valence-corrected chi connectivity index (χ4v) is 14.3. The number of carbonyl (C=O) groups is 2. The highest BCUT2D eigenvalue weighted by molar-refractivity contribution is 6.99. The van der Waals surface area contributed by atoms with Crippen molar-refractivity contribution in [1.82, 2.24) is 0 Å². The van der Waals surface area contributed by atoms with Gasteiger partial charge in [-0.25, -0.2) is 0 Å². The summed E-state index contributed by atoms with van der Waals surface area (Å²) in [5, 5.41) is 2.50. The van der Waals surface area contributed by atoms with Crippen LogP contribution in [0.3, 0.4) is 0 Å². The second-order valence-electron chi connectivity index (χ2n) is 15.7. The van der Waals surface area contributed by atoms with E-state index in [4.69, 9.17) is 9.16 Å². The first-order chi connectivity index (χ1) is 20.3. The third-order valence-corrected chi connectivity index (χ3v) is 17.2. The predicted molar refractivity (Wildman–Crippen MR) is 177 cm³/mol. The third-order valence-electron chi connectivity index (χ3n) is 12.2. The van der Waals surface area contributed by atoms with E-state index >= 15 is 0 Å². The molecule has 7 atom stereocenters. The molecule has 3 aliphatic carbocycles. The van der Waals surface area contributed by atoms with E-state index in [1.54, 1.807) is 0 Å². The van der Waals surface area contributed by atoms with Gasteiger partial charge in [0.05, 0.1) is 6.61 Å². The van der Waals surface area contributed by atoms with Crippen LogP contribution >= 0.6 is 0 Å². The number of Topliss-reactive ketones (excluding diaryl/α,β-unsaturated/α-hetero) is 1. The molecular weight excluding hydrogens is 549 g/mol. The maximum atomic E-state index is 13.4. The smallest absolute Gasteiger partial charge is 0.302 e. The lowest BCUT2D eigenvalue weighted by Gasteiger charge is -2.57. The zero-order chi connectivity index (χ0) is 31.0. The highest BCUT2D eigenvalue weighted by atomic mass is 28.4. The zero-order valence-electron chi connectivity index (χ0n) is 27.7.